The van der Waals surface area contributed by atoms with E-state index in [2.05, 4.69) is 18.7 Å². The van der Waals surface area contributed by atoms with Crippen molar-refractivity contribution in [2.24, 2.45) is 11.8 Å². The second-order valence-corrected chi connectivity index (χ2v) is 5.28. The van der Waals surface area contributed by atoms with Gasteiger partial charge in [-0.05, 0) is 31.6 Å². The molecule has 3 heteroatoms. The molecule has 1 heterocycles. The Morgan fingerprint density at radius 2 is 1.87 bits per heavy atom. The van der Waals surface area contributed by atoms with Crippen molar-refractivity contribution >= 4 is 5.97 Å². The van der Waals surface area contributed by atoms with E-state index in [0.29, 0.717) is 18.3 Å². The van der Waals surface area contributed by atoms with Crippen LogP contribution in [0.1, 0.15) is 40.5 Å². The maximum atomic E-state index is 11.3. The maximum Gasteiger partial charge on any atom is 0.323 e. The maximum absolute atomic E-state index is 11.3. The molecule has 88 valence electrons. The van der Waals surface area contributed by atoms with E-state index >= 15 is 0 Å². The van der Waals surface area contributed by atoms with Crippen LogP contribution in [0.5, 0.6) is 0 Å². The molecule has 0 bridgehead atoms. The molecule has 1 aliphatic heterocycles. The van der Waals surface area contributed by atoms with E-state index in [4.69, 9.17) is 0 Å². The molecule has 1 rings (SSSR count). The number of hydrogen-bond acceptors (Lipinski definition) is 2. The summed E-state index contributed by atoms with van der Waals surface area (Å²) in [6.45, 7) is 10.1. The van der Waals surface area contributed by atoms with Crippen molar-refractivity contribution in [1.82, 2.24) is 4.90 Å². The third-order valence-corrected chi connectivity index (χ3v) is 3.72. The number of hydrogen-bond donors (Lipinski definition) is 1. The molecule has 0 saturated carbocycles. The number of carboxylic acid groups (broad SMARTS) is 1. The predicted octanol–water partition coefficient (Wildman–Crippen LogP) is 2.22. The van der Waals surface area contributed by atoms with Gasteiger partial charge in [0.05, 0.1) is 0 Å². The van der Waals surface area contributed by atoms with E-state index < -0.39 is 11.5 Å². The summed E-state index contributed by atoms with van der Waals surface area (Å²) in [5, 5.41) is 9.32. The van der Waals surface area contributed by atoms with Crippen LogP contribution in [0.4, 0.5) is 0 Å². The van der Waals surface area contributed by atoms with Gasteiger partial charge in [-0.1, -0.05) is 20.8 Å². The minimum absolute atomic E-state index is 0.610. The Kier molecular flexibility index (Phi) is 3.77. The zero-order chi connectivity index (χ0) is 11.6. The zero-order valence-corrected chi connectivity index (χ0v) is 10.3. The Labute approximate surface area is 92.5 Å². The van der Waals surface area contributed by atoms with Gasteiger partial charge in [0.2, 0.25) is 0 Å². The largest absolute Gasteiger partial charge is 0.480 e. The molecule has 1 N–H and O–H groups in total. The molecule has 1 fully saturated rings. The zero-order valence-electron chi connectivity index (χ0n) is 10.3. The normalized spacial score (nSPS) is 32.3. The van der Waals surface area contributed by atoms with Crippen LogP contribution in [-0.2, 0) is 4.79 Å². The molecule has 15 heavy (non-hydrogen) atoms. The van der Waals surface area contributed by atoms with Gasteiger partial charge in [0.1, 0.15) is 5.54 Å². The highest BCUT2D eigenvalue weighted by molar-refractivity contribution is 5.78. The fourth-order valence-corrected chi connectivity index (χ4v) is 2.58. The van der Waals surface area contributed by atoms with Crippen molar-refractivity contribution in [2.75, 3.05) is 13.1 Å². The first-order valence-electron chi connectivity index (χ1n) is 5.88. The second-order valence-electron chi connectivity index (χ2n) is 5.28. The third kappa shape index (κ3) is 2.51. The van der Waals surface area contributed by atoms with Gasteiger partial charge in [-0.25, -0.2) is 0 Å². The number of piperidine rings is 1. The summed E-state index contributed by atoms with van der Waals surface area (Å²) in [6.07, 6.45) is 1.89. The molecule has 0 amide bonds. The Balaban J connectivity index is 2.80. The average molecular weight is 213 g/mol. The lowest BCUT2D eigenvalue weighted by Gasteiger charge is -2.44. The highest BCUT2D eigenvalue weighted by Crippen LogP contribution is 2.29. The lowest BCUT2D eigenvalue weighted by molar-refractivity contribution is -0.152. The Morgan fingerprint density at radius 1 is 1.40 bits per heavy atom. The van der Waals surface area contributed by atoms with Crippen molar-refractivity contribution < 1.29 is 9.90 Å². The summed E-state index contributed by atoms with van der Waals surface area (Å²) in [7, 11) is 0. The summed E-state index contributed by atoms with van der Waals surface area (Å²) in [5.74, 6) is 0.532. The molecule has 3 nitrogen and oxygen atoms in total. The van der Waals surface area contributed by atoms with Crippen LogP contribution in [0.2, 0.25) is 0 Å². The quantitative estimate of drug-likeness (QED) is 0.781. The van der Waals surface area contributed by atoms with Gasteiger partial charge in [-0.2, -0.15) is 0 Å². The number of rotatable bonds is 3. The Hall–Kier alpha value is -0.570. The van der Waals surface area contributed by atoms with Crippen molar-refractivity contribution in [3.05, 3.63) is 0 Å². The van der Waals surface area contributed by atoms with Crippen molar-refractivity contribution in [3.8, 4) is 0 Å². The molecule has 0 radical (unpaired) electrons. The van der Waals surface area contributed by atoms with E-state index in [-0.39, 0.29) is 0 Å². The van der Waals surface area contributed by atoms with Crippen LogP contribution in [0.15, 0.2) is 0 Å². The molecule has 1 saturated heterocycles. The summed E-state index contributed by atoms with van der Waals surface area (Å²) >= 11 is 0. The van der Waals surface area contributed by atoms with Crippen LogP contribution in [-0.4, -0.2) is 34.6 Å². The lowest BCUT2D eigenvalue weighted by atomic mass is 9.86. The fourth-order valence-electron chi connectivity index (χ4n) is 2.58. The number of aliphatic carboxylic acids is 1. The molecule has 0 aromatic rings. The minimum Gasteiger partial charge on any atom is -0.480 e. The van der Waals surface area contributed by atoms with E-state index in [1.165, 1.54) is 6.42 Å². The van der Waals surface area contributed by atoms with Crippen LogP contribution in [0, 0.1) is 11.8 Å². The van der Waals surface area contributed by atoms with E-state index in [1.807, 2.05) is 13.8 Å². The number of carboxylic acids is 1. The van der Waals surface area contributed by atoms with Crippen LogP contribution in [0.3, 0.4) is 0 Å². The average Bonchev–Trinajstić information content (AvgIpc) is 2.14. The number of carbonyl (C=O) groups is 1. The van der Waals surface area contributed by atoms with Crippen molar-refractivity contribution in [1.29, 1.82) is 0 Å². The molecular weight excluding hydrogens is 190 g/mol. The standard InChI is InChI=1S/C12H23NO2/c1-5-12(4,11(14)15)13-7-9(2)6-10(3)8-13/h9-10H,5-8H2,1-4H3,(H,14,15)/t9-,10-,12+/m1/s1. The smallest absolute Gasteiger partial charge is 0.323 e. The van der Waals surface area contributed by atoms with Gasteiger partial charge >= 0.3 is 5.97 Å². The van der Waals surface area contributed by atoms with Crippen LogP contribution in [0.25, 0.3) is 0 Å². The SMILES string of the molecule is CC[C@@](C)(C(=O)O)N1C[C@H](C)C[C@@H](C)C1. The topological polar surface area (TPSA) is 40.5 Å². The fraction of sp³-hybridized carbons (Fsp3) is 0.917. The molecule has 0 aromatic carbocycles. The molecule has 1 aliphatic rings. The van der Waals surface area contributed by atoms with Gasteiger partial charge in [0.25, 0.3) is 0 Å². The molecule has 0 aromatic heterocycles. The van der Waals surface area contributed by atoms with Crippen molar-refractivity contribution in [2.45, 2.75) is 46.1 Å². The lowest BCUT2D eigenvalue weighted by Crippen LogP contribution is -2.56. The van der Waals surface area contributed by atoms with Gasteiger partial charge in [-0.15, -0.1) is 0 Å². The highest BCUT2D eigenvalue weighted by Gasteiger charge is 2.40. The minimum atomic E-state index is -0.689. The van der Waals surface area contributed by atoms with Gasteiger partial charge in [0.15, 0.2) is 0 Å². The summed E-state index contributed by atoms with van der Waals surface area (Å²) in [4.78, 5) is 13.5. The third-order valence-electron chi connectivity index (χ3n) is 3.72. The van der Waals surface area contributed by atoms with E-state index in [0.717, 1.165) is 13.1 Å². The van der Waals surface area contributed by atoms with Crippen LogP contribution < -0.4 is 0 Å². The van der Waals surface area contributed by atoms with E-state index in [1.54, 1.807) is 0 Å². The van der Waals surface area contributed by atoms with Crippen molar-refractivity contribution in [3.63, 3.8) is 0 Å². The summed E-state index contributed by atoms with van der Waals surface area (Å²) in [6, 6.07) is 0. The van der Waals surface area contributed by atoms with Gasteiger partial charge in [-0.3, -0.25) is 9.69 Å². The number of nitrogens with zero attached hydrogens (tertiary/aromatic N) is 1. The Bertz CT molecular complexity index is 232. The molecule has 3 atom stereocenters. The monoisotopic (exact) mass is 213 g/mol. The molecule has 0 spiro atoms. The molecular formula is C12H23NO2. The van der Waals surface area contributed by atoms with Crippen LogP contribution >= 0.6 is 0 Å². The molecule has 0 unspecified atom stereocenters. The summed E-state index contributed by atoms with van der Waals surface area (Å²) < 4.78 is 0. The van der Waals surface area contributed by atoms with E-state index in [9.17, 15) is 9.90 Å². The first-order chi connectivity index (χ1) is 6.90. The first-order valence-corrected chi connectivity index (χ1v) is 5.88. The predicted molar refractivity (Wildman–Crippen MR) is 60.8 cm³/mol. The highest BCUT2D eigenvalue weighted by atomic mass is 16.4. The summed E-state index contributed by atoms with van der Waals surface area (Å²) in [5.41, 5.74) is -0.678. The Morgan fingerprint density at radius 3 is 2.20 bits per heavy atom. The molecule has 0 aliphatic carbocycles. The first kappa shape index (κ1) is 12.5. The number of likely N-dealkylation sites (tertiary alicyclic amines) is 1. The van der Waals surface area contributed by atoms with Gasteiger partial charge < -0.3 is 5.11 Å². The van der Waals surface area contributed by atoms with Gasteiger partial charge in [0, 0.05) is 13.1 Å². The second kappa shape index (κ2) is 4.52.